The van der Waals surface area contributed by atoms with Gasteiger partial charge in [-0.1, -0.05) is 24.3 Å². The third-order valence-electron chi connectivity index (χ3n) is 4.70. The Labute approximate surface area is 151 Å². The van der Waals surface area contributed by atoms with Crippen LogP contribution in [0.4, 0.5) is 5.69 Å². The van der Waals surface area contributed by atoms with Gasteiger partial charge in [-0.3, -0.25) is 4.31 Å². The zero-order valence-electron chi connectivity index (χ0n) is 15.0. The SMILES string of the molecule is CN(C)CCN(c1ccccc1)S(=O)(=O)c1ccc2c(c1)CCCC2. The van der Waals surface area contributed by atoms with Crippen molar-refractivity contribution in [2.45, 2.75) is 30.6 Å². The van der Waals surface area contributed by atoms with Gasteiger partial charge in [-0.2, -0.15) is 0 Å². The maximum Gasteiger partial charge on any atom is 0.264 e. The average molecular weight is 359 g/mol. The summed E-state index contributed by atoms with van der Waals surface area (Å²) in [7, 11) is 0.330. The van der Waals surface area contributed by atoms with Crippen LogP contribution in [-0.2, 0) is 22.9 Å². The van der Waals surface area contributed by atoms with Gasteiger partial charge in [0.25, 0.3) is 10.0 Å². The Balaban J connectivity index is 1.98. The maximum atomic E-state index is 13.3. The van der Waals surface area contributed by atoms with Gasteiger partial charge in [-0.15, -0.1) is 0 Å². The Kier molecular flexibility index (Phi) is 5.45. The molecule has 2 aromatic carbocycles. The average Bonchev–Trinajstić information content (AvgIpc) is 2.62. The molecule has 0 bridgehead atoms. The van der Waals surface area contributed by atoms with Gasteiger partial charge in [0.2, 0.25) is 0 Å². The highest BCUT2D eigenvalue weighted by Gasteiger charge is 2.26. The second-order valence-electron chi connectivity index (χ2n) is 6.85. The monoisotopic (exact) mass is 358 g/mol. The fourth-order valence-corrected chi connectivity index (χ4v) is 4.78. The van der Waals surface area contributed by atoms with Crippen LogP contribution in [-0.4, -0.2) is 40.5 Å². The third-order valence-corrected chi connectivity index (χ3v) is 6.53. The molecule has 1 aliphatic carbocycles. The molecular weight excluding hydrogens is 332 g/mol. The van der Waals surface area contributed by atoms with Gasteiger partial charge in [-0.25, -0.2) is 8.42 Å². The number of rotatable bonds is 6. The highest BCUT2D eigenvalue weighted by atomic mass is 32.2. The predicted octanol–water partition coefficient (Wildman–Crippen LogP) is 3.32. The first-order valence-corrected chi connectivity index (χ1v) is 10.3. The van der Waals surface area contributed by atoms with Gasteiger partial charge in [0.15, 0.2) is 0 Å². The molecule has 0 aromatic heterocycles. The molecule has 3 rings (SSSR count). The number of nitrogens with zero attached hydrogens (tertiary/aromatic N) is 2. The van der Waals surface area contributed by atoms with Crippen LogP contribution < -0.4 is 4.31 Å². The Morgan fingerprint density at radius 2 is 1.56 bits per heavy atom. The van der Waals surface area contributed by atoms with Crippen molar-refractivity contribution in [1.82, 2.24) is 4.90 Å². The Bertz CT molecular complexity index is 817. The highest BCUT2D eigenvalue weighted by Crippen LogP contribution is 2.28. The summed E-state index contributed by atoms with van der Waals surface area (Å²) in [5.74, 6) is 0. The first-order chi connectivity index (χ1) is 12.0. The summed E-state index contributed by atoms with van der Waals surface area (Å²) < 4.78 is 28.2. The lowest BCUT2D eigenvalue weighted by atomic mass is 9.92. The van der Waals surface area contributed by atoms with Crippen LogP contribution >= 0.6 is 0 Å². The van der Waals surface area contributed by atoms with Crippen LogP contribution in [0.15, 0.2) is 53.4 Å². The lowest BCUT2D eigenvalue weighted by Gasteiger charge is -2.27. The molecule has 0 saturated carbocycles. The van der Waals surface area contributed by atoms with Crippen molar-refractivity contribution in [2.75, 3.05) is 31.5 Å². The van der Waals surface area contributed by atoms with Crippen molar-refractivity contribution < 1.29 is 8.42 Å². The molecule has 0 atom stereocenters. The van der Waals surface area contributed by atoms with Crippen LogP contribution in [0.2, 0.25) is 0 Å². The fraction of sp³-hybridized carbons (Fsp3) is 0.400. The molecule has 0 heterocycles. The molecule has 0 radical (unpaired) electrons. The van der Waals surface area contributed by atoms with Crippen LogP contribution in [0.3, 0.4) is 0 Å². The molecular formula is C20H26N2O2S. The van der Waals surface area contributed by atoms with Crippen LogP contribution in [0.25, 0.3) is 0 Å². The van der Waals surface area contributed by atoms with E-state index in [0.29, 0.717) is 23.7 Å². The van der Waals surface area contributed by atoms with E-state index in [4.69, 9.17) is 0 Å². The van der Waals surface area contributed by atoms with Crippen LogP contribution in [0, 0.1) is 0 Å². The van der Waals surface area contributed by atoms with Gasteiger partial charge in [0.1, 0.15) is 0 Å². The molecule has 0 aliphatic heterocycles. The first kappa shape index (κ1) is 18.0. The van der Waals surface area contributed by atoms with Gasteiger partial charge >= 0.3 is 0 Å². The number of anilines is 1. The maximum absolute atomic E-state index is 13.3. The largest absolute Gasteiger partial charge is 0.308 e. The molecule has 0 spiro atoms. The second kappa shape index (κ2) is 7.58. The lowest BCUT2D eigenvalue weighted by Crippen LogP contribution is -2.36. The summed E-state index contributed by atoms with van der Waals surface area (Å²) >= 11 is 0. The number of sulfonamides is 1. The Morgan fingerprint density at radius 3 is 2.24 bits per heavy atom. The van der Waals surface area contributed by atoms with E-state index in [9.17, 15) is 8.42 Å². The molecule has 0 saturated heterocycles. The molecule has 5 heteroatoms. The predicted molar refractivity (Wildman–Crippen MR) is 103 cm³/mol. The zero-order chi connectivity index (χ0) is 17.9. The Morgan fingerprint density at radius 1 is 0.880 bits per heavy atom. The van der Waals surface area contributed by atoms with E-state index in [-0.39, 0.29) is 0 Å². The summed E-state index contributed by atoms with van der Waals surface area (Å²) in [5.41, 5.74) is 3.19. The smallest absolute Gasteiger partial charge is 0.264 e. The van der Waals surface area contributed by atoms with Crippen LogP contribution in [0.5, 0.6) is 0 Å². The molecule has 2 aromatic rings. The molecule has 134 valence electrons. The second-order valence-corrected chi connectivity index (χ2v) is 8.72. The minimum absolute atomic E-state index is 0.399. The topological polar surface area (TPSA) is 40.6 Å². The normalized spacial score (nSPS) is 14.4. The number of aryl methyl sites for hydroxylation is 2. The molecule has 0 unspecified atom stereocenters. The van der Waals surface area contributed by atoms with Crippen molar-refractivity contribution in [3.63, 3.8) is 0 Å². The highest BCUT2D eigenvalue weighted by molar-refractivity contribution is 7.92. The molecule has 25 heavy (non-hydrogen) atoms. The molecule has 4 nitrogen and oxygen atoms in total. The lowest BCUT2D eigenvalue weighted by molar-refractivity contribution is 0.419. The summed E-state index contributed by atoms with van der Waals surface area (Å²) in [5, 5.41) is 0. The number of para-hydroxylation sites is 1. The van der Waals surface area contributed by atoms with E-state index in [1.807, 2.05) is 61.5 Å². The van der Waals surface area contributed by atoms with E-state index < -0.39 is 10.0 Å². The summed E-state index contributed by atoms with van der Waals surface area (Å²) in [6.07, 6.45) is 4.36. The third kappa shape index (κ3) is 4.05. The number of fused-ring (bicyclic) bond motifs is 1. The fourth-order valence-electron chi connectivity index (χ4n) is 3.27. The standard InChI is InChI=1S/C20H26N2O2S/c1-21(2)14-15-22(19-10-4-3-5-11-19)25(23,24)20-13-12-17-8-6-7-9-18(17)16-20/h3-5,10-13,16H,6-9,14-15H2,1-2H3. The summed E-state index contributed by atoms with van der Waals surface area (Å²) in [6.45, 7) is 1.09. The molecule has 1 aliphatic rings. The van der Waals surface area contributed by atoms with E-state index in [1.165, 1.54) is 21.9 Å². The van der Waals surface area contributed by atoms with Crippen molar-refractivity contribution in [3.05, 3.63) is 59.7 Å². The quantitative estimate of drug-likeness (QED) is 0.795. The minimum atomic E-state index is -3.58. The van der Waals surface area contributed by atoms with E-state index >= 15 is 0 Å². The van der Waals surface area contributed by atoms with Gasteiger partial charge in [0, 0.05) is 13.1 Å². The Hall–Kier alpha value is -1.85. The summed E-state index contributed by atoms with van der Waals surface area (Å²) in [6, 6.07) is 15.0. The van der Waals surface area contributed by atoms with Gasteiger partial charge in [-0.05, 0) is 75.2 Å². The van der Waals surface area contributed by atoms with E-state index in [1.54, 1.807) is 6.07 Å². The van der Waals surface area contributed by atoms with Crippen molar-refractivity contribution >= 4 is 15.7 Å². The van der Waals surface area contributed by atoms with Crippen molar-refractivity contribution in [2.24, 2.45) is 0 Å². The van der Waals surface area contributed by atoms with Gasteiger partial charge < -0.3 is 4.90 Å². The van der Waals surface area contributed by atoms with E-state index in [0.717, 1.165) is 19.3 Å². The first-order valence-electron chi connectivity index (χ1n) is 8.83. The number of hydrogen-bond acceptors (Lipinski definition) is 3. The van der Waals surface area contributed by atoms with Crippen LogP contribution in [0.1, 0.15) is 24.0 Å². The number of likely N-dealkylation sites (N-methyl/N-ethyl adjacent to an activating group) is 1. The van der Waals surface area contributed by atoms with Gasteiger partial charge in [0.05, 0.1) is 10.6 Å². The molecule has 0 amide bonds. The van der Waals surface area contributed by atoms with Crippen molar-refractivity contribution in [1.29, 1.82) is 0 Å². The van der Waals surface area contributed by atoms with E-state index in [2.05, 4.69) is 0 Å². The minimum Gasteiger partial charge on any atom is -0.308 e. The molecule has 0 fully saturated rings. The van der Waals surface area contributed by atoms with Crippen molar-refractivity contribution in [3.8, 4) is 0 Å². The number of benzene rings is 2. The summed E-state index contributed by atoms with van der Waals surface area (Å²) in [4.78, 5) is 2.40. The zero-order valence-corrected chi connectivity index (χ0v) is 15.8. The number of hydrogen-bond donors (Lipinski definition) is 0. The molecule has 0 N–H and O–H groups in total.